The molecule has 0 unspecified atom stereocenters. The molecule has 27 heavy (non-hydrogen) atoms. The van der Waals surface area contributed by atoms with E-state index in [0.717, 1.165) is 0 Å². The third-order valence-corrected chi connectivity index (χ3v) is 0. The van der Waals surface area contributed by atoms with Crippen LogP contribution in [0.1, 0.15) is 0 Å². The van der Waals surface area contributed by atoms with Gasteiger partial charge in [0.15, 0.2) is 0 Å². The minimum atomic E-state index is -1.75. The fourth-order valence-electron chi connectivity index (χ4n) is 0. The summed E-state index contributed by atoms with van der Waals surface area (Å²) < 4.78 is 0. The Balaban J connectivity index is -0.0000000201. The molecule has 0 saturated carbocycles. The first-order valence-corrected chi connectivity index (χ1v) is 3.32. The van der Waals surface area contributed by atoms with Gasteiger partial charge < -0.3 is 84.0 Å². The fraction of sp³-hybridized carbons (Fsp3) is 0. The second-order valence-electron chi connectivity index (χ2n) is 1.37. The molecule has 0 atom stereocenters. The van der Waals surface area contributed by atoms with E-state index in [2.05, 4.69) is 0 Å². The van der Waals surface area contributed by atoms with Crippen molar-refractivity contribution in [1.82, 2.24) is 12.3 Å². The van der Waals surface area contributed by atoms with Crippen LogP contribution in [-0.2, 0) is 0 Å². The molecule has 0 amide bonds. The van der Waals surface area contributed by atoms with Crippen LogP contribution in [0, 0.1) is 123 Å². The Morgan fingerprint density at radius 3 is 0.407 bits per heavy atom. The molecule has 0 aromatic carbocycles. The van der Waals surface area contributed by atoms with Gasteiger partial charge in [-0.1, -0.05) is 0 Å². The van der Waals surface area contributed by atoms with Gasteiger partial charge in [-0.25, -0.2) is 0 Å². The van der Waals surface area contributed by atoms with E-state index in [-0.39, 0.29) is 54.0 Å². The van der Waals surface area contributed by atoms with E-state index in [0.29, 0.717) is 0 Å². The van der Waals surface area contributed by atoms with Crippen LogP contribution in [0.2, 0.25) is 0 Å². The molecule has 26 nitrogen and oxygen atoms in total. The Hall–Kier alpha value is -3.50. The van der Waals surface area contributed by atoms with Crippen molar-refractivity contribution in [2.45, 2.75) is 0 Å². The fourth-order valence-corrected chi connectivity index (χ4v) is 0. The zero-order valence-corrected chi connectivity index (χ0v) is 15.2. The van der Waals surface area contributed by atoms with Gasteiger partial charge in [0.25, 0.3) is 10.2 Å². The van der Waals surface area contributed by atoms with Gasteiger partial charge in [0, 0.05) is 41.7 Å². The maximum absolute atomic E-state index is 8.36. The van der Waals surface area contributed by atoms with Crippen molar-refractivity contribution in [3.8, 4) is 0 Å². The molecule has 0 aliphatic carbocycles. The van der Waals surface area contributed by atoms with Gasteiger partial charge in [-0.3, -0.25) is 0 Å². The van der Waals surface area contributed by atoms with Gasteiger partial charge in [-0.05, 0) is 0 Å². The third kappa shape index (κ3) is 770. The Labute approximate surface area is 176 Å². The summed E-state index contributed by atoms with van der Waals surface area (Å²) in [6.07, 6.45) is 0. The van der Waals surface area contributed by atoms with Gasteiger partial charge in [-0.2, -0.15) is 0 Å². The molecule has 0 aromatic heterocycles. The zero-order chi connectivity index (χ0) is 21.5. The molecule has 0 rings (SSSR count). The zero-order valence-electron chi connectivity index (χ0n) is 12.0. The molecule has 8 N–H and O–H groups in total. The predicted molar refractivity (Wildman–Crippen MR) is 69.1 cm³/mol. The SMILES string of the molecule is N.N.O=[N+]([O-])O.O=[N+]([O-])O.O=[N+]([O-])[O-].O=[N+]([O-])[O-].O=[N+]([O-])[O-].O=[N+]([O-])[O-].[Ce]. The quantitative estimate of drug-likeness (QED) is 0.201. The molecule has 0 aliphatic heterocycles. The molecule has 27 heteroatoms. The van der Waals surface area contributed by atoms with Crippen molar-refractivity contribution >= 4 is 0 Å². The Bertz CT molecular complexity index is 260. The summed E-state index contributed by atoms with van der Waals surface area (Å²) in [5.74, 6) is 0. The van der Waals surface area contributed by atoms with Crippen molar-refractivity contribution in [2.75, 3.05) is 0 Å². The van der Waals surface area contributed by atoms with E-state index < -0.39 is 30.5 Å². The molecular weight excluding hydrogens is 540 g/mol. The molecule has 0 aliphatic rings. The first-order valence-electron chi connectivity index (χ1n) is 3.32. The molecular formula is H8CeN8O18-4. The summed E-state index contributed by atoms with van der Waals surface area (Å²) in [7, 11) is 0. The number of nitrogens with zero attached hydrogens (tertiary/aromatic N) is 6. The van der Waals surface area contributed by atoms with Crippen LogP contribution in [0.15, 0.2) is 0 Å². The van der Waals surface area contributed by atoms with E-state index in [4.69, 9.17) is 91.9 Å². The van der Waals surface area contributed by atoms with Gasteiger partial charge in [0.2, 0.25) is 0 Å². The van der Waals surface area contributed by atoms with Crippen molar-refractivity contribution in [2.24, 2.45) is 0 Å². The van der Waals surface area contributed by atoms with Crippen LogP contribution in [0.25, 0.3) is 0 Å². The average Bonchev–Trinajstić information content (AvgIpc) is 2.08. The van der Waals surface area contributed by atoms with E-state index in [1.54, 1.807) is 0 Å². The molecule has 0 aromatic rings. The molecule has 0 heterocycles. The minimum Gasteiger partial charge on any atom is -0.356 e. The summed E-state index contributed by atoms with van der Waals surface area (Å²) >= 11 is 0. The first-order chi connectivity index (χ1) is 10.4. The maximum atomic E-state index is 8.36. The smallest absolute Gasteiger partial charge is 0.291 e. The standard InChI is InChI=1S/Ce.2HNO3.4NO3.2H3N/c;6*2-1(3)4;;/h;2*(H,2,3,4);;;;;2*1H3/q;;;4*-1;;. The predicted octanol–water partition coefficient (Wildman–Crippen LogP) is -1.33. The molecule has 164 valence electrons. The molecule has 0 bridgehead atoms. The number of hydrogen-bond acceptors (Lipinski definition) is 18. The summed E-state index contributed by atoms with van der Waals surface area (Å²) in [5.41, 5.74) is 0. The Morgan fingerprint density at radius 1 is 0.407 bits per heavy atom. The van der Waals surface area contributed by atoms with Gasteiger partial charge >= 0.3 is 0 Å². The van der Waals surface area contributed by atoms with E-state index in [9.17, 15) is 0 Å². The van der Waals surface area contributed by atoms with Crippen LogP contribution < -0.4 is 12.3 Å². The second-order valence-corrected chi connectivity index (χ2v) is 1.37. The van der Waals surface area contributed by atoms with E-state index in [1.807, 2.05) is 0 Å². The Kier molecular flexibility index (Phi) is 104. The summed E-state index contributed by atoms with van der Waals surface area (Å²) in [5, 5.41) is 86.3. The normalized spacial score (nSPS) is 5.33. The van der Waals surface area contributed by atoms with Crippen molar-refractivity contribution < 1.29 is 82.7 Å². The van der Waals surface area contributed by atoms with Gasteiger partial charge in [-0.15, -0.1) is 20.2 Å². The van der Waals surface area contributed by atoms with Crippen molar-refractivity contribution in [1.29, 1.82) is 0 Å². The van der Waals surface area contributed by atoms with Gasteiger partial charge in [0.1, 0.15) is 0 Å². The monoisotopic (exact) mass is 548 g/mol. The largest absolute Gasteiger partial charge is 0.356 e. The Morgan fingerprint density at radius 2 is 0.407 bits per heavy atom. The molecule has 0 spiro atoms. The van der Waals surface area contributed by atoms with E-state index >= 15 is 0 Å². The minimum absolute atomic E-state index is 0. The number of hydrogen-bond donors (Lipinski definition) is 4. The van der Waals surface area contributed by atoms with Crippen LogP contribution in [-0.4, -0.2) is 40.9 Å². The molecule has 0 radical (unpaired) electrons. The average molecular weight is 548 g/mol. The van der Waals surface area contributed by atoms with Crippen LogP contribution in [0.3, 0.4) is 0 Å². The third-order valence-electron chi connectivity index (χ3n) is 0. The van der Waals surface area contributed by atoms with Crippen molar-refractivity contribution in [3.05, 3.63) is 81.5 Å². The van der Waals surface area contributed by atoms with Crippen LogP contribution >= 0.6 is 0 Å². The van der Waals surface area contributed by atoms with Crippen LogP contribution in [0.5, 0.6) is 0 Å². The summed E-state index contributed by atoms with van der Waals surface area (Å²) in [6, 6.07) is 0. The topological polar surface area (TPSA) is 462 Å². The number of rotatable bonds is 0. The maximum Gasteiger partial charge on any atom is 0.291 e. The second kappa shape index (κ2) is 49.5. The summed E-state index contributed by atoms with van der Waals surface area (Å²) in [6.45, 7) is 0. The summed E-state index contributed by atoms with van der Waals surface area (Å²) in [4.78, 5) is 49.7. The van der Waals surface area contributed by atoms with Crippen molar-refractivity contribution in [3.63, 3.8) is 0 Å². The van der Waals surface area contributed by atoms with E-state index in [1.165, 1.54) is 0 Å². The molecule has 0 saturated heterocycles. The first kappa shape index (κ1) is 56.6. The van der Waals surface area contributed by atoms with Crippen LogP contribution in [0.4, 0.5) is 0 Å². The van der Waals surface area contributed by atoms with Gasteiger partial charge in [0.05, 0.1) is 20.3 Å². The molecule has 0 fully saturated rings.